The Balaban J connectivity index is 1.80. The predicted molar refractivity (Wildman–Crippen MR) is 106 cm³/mol. The van der Waals surface area contributed by atoms with Crippen molar-refractivity contribution in [1.82, 2.24) is 14.3 Å². The lowest BCUT2D eigenvalue weighted by atomic mass is 10.1. The Morgan fingerprint density at radius 1 is 1.50 bits per heavy atom. The number of rotatable bonds is 5. The van der Waals surface area contributed by atoms with E-state index in [0.717, 1.165) is 27.9 Å². The first-order chi connectivity index (χ1) is 13.9. The number of aromatic nitrogens is 2. The van der Waals surface area contributed by atoms with Gasteiger partial charge in [0, 0.05) is 18.5 Å². The number of aliphatic imine (C=N–C) groups is 1. The van der Waals surface area contributed by atoms with Crippen LogP contribution in [0.4, 0.5) is 14.6 Å². The minimum atomic E-state index is -3.68. The minimum absolute atomic E-state index is 0.108. The molecule has 1 amide bonds. The first kappa shape index (κ1) is 22.1. The zero-order chi connectivity index (χ0) is 22.3. The van der Waals surface area contributed by atoms with Gasteiger partial charge in [0.2, 0.25) is 16.0 Å². The van der Waals surface area contributed by atoms with Gasteiger partial charge >= 0.3 is 6.61 Å². The largest absolute Gasteiger partial charge is 0.433 e. The number of guanidine groups is 1. The summed E-state index contributed by atoms with van der Waals surface area (Å²) >= 11 is 7.00. The molecule has 30 heavy (non-hydrogen) atoms. The zero-order valence-corrected chi connectivity index (χ0v) is 17.9. The smallest absolute Gasteiger partial charge is 0.387 e. The molecule has 0 saturated heterocycles. The molecule has 1 aliphatic heterocycles. The maximum Gasteiger partial charge on any atom is 0.387 e. The third kappa shape index (κ3) is 4.44. The SMILES string of the molecule is CN1C(N)=N[C@](C)(c2nc(NC(=O)c3ncc(OC(F)F)cc3Cl)cs2)CS1(=O)=O. The van der Waals surface area contributed by atoms with Gasteiger partial charge in [0.25, 0.3) is 5.91 Å². The van der Waals surface area contributed by atoms with E-state index in [9.17, 15) is 22.0 Å². The van der Waals surface area contributed by atoms with E-state index < -0.39 is 28.1 Å². The maximum atomic E-state index is 12.4. The van der Waals surface area contributed by atoms with E-state index in [1.165, 1.54) is 12.4 Å². The third-order valence-corrected chi connectivity index (χ3v) is 7.36. The fourth-order valence-corrected chi connectivity index (χ4v) is 5.19. The summed E-state index contributed by atoms with van der Waals surface area (Å²) in [7, 11) is -2.38. The Labute approximate surface area is 178 Å². The minimum Gasteiger partial charge on any atom is -0.433 e. The molecule has 3 N–H and O–H groups in total. The summed E-state index contributed by atoms with van der Waals surface area (Å²) in [6.07, 6.45) is 0.932. The highest BCUT2D eigenvalue weighted by Crippen LogP contribution is 2.34. The molecular weight excluding hydrogens is 466 g/mol. The van der Waals surface area contributed by atoms with Gasteiger partial charge in [-0.25, -0.2) is 27.7 Å². The van der Waals surface area contributed by atoms with Crippen LogP contribution >= 0.6 is 22.9 Å². The van der Waals surface area contributed by atoms with Crippen molar-refractivity contribution in [2.45, 2.75) is 19.1 Å². The van der Waals surface area contributed by atoms with Gasteiger partial charge in [-0.15, -0.1) is 11.3 Å². The number of carbonyl (C=O) groups excluding carboxylic acids is 1. The summed E-state index contributed by atoms with van der Waals surface area (Å²) < 4.78 is 54.1. The molecule has 0 fully saturated rings. The lowest BCUT2D eigenvalue weighted by molar-refractivity contribution is -0.0500. The third-order valence-electron chi connectivity index (χ3n) is 4.03. The second-order valence-corrected chi connectivity index (χ2v) is 9.61. The highest BCUT2D eigenvalue weighted by atomic mass is 35.5. The Kier molecular flexibility index (Phi) is 5.84. The highest BCUT2D eigenvalue weighted by Gasteiger charge is 2.42. The van der Waals surface area contributed by atoms with E-state index >= 15 is 0 Å². The number of amides is 1. The first-order valence-corrected chi connectivity index (χ1v) is 11.0. The fraction of sp³-hybridized carbons (Fsp3) is 0.333. The van der Waals surface area contributed by atoms with Gasteiger partial charge in [-0.2, -0.15) is 8.78 Å². The van der Waals surface area contributed by atoms with Crippen LogP contribution in [0.5, 0.6) is 5.75 Å². The van der Waals surface area contributed by atoms with Crippen molar-refractivity contribution in [2.24, 2.45) is 10.7 Å². The van der Waals surface area contributed by atoms with E-state index in [-0.39, 0.29) is 34.0 Å². The van der Waals surface area contributed by atoms with Crippen LogP contribution in [0.2, 0.25) is 5.02 Å². The van der Waals surface area contributed by atoms with Gasteiger partial charge in [-0.3, -0.25) is 4.79 Å². The molecule has 0 spiro atoms. The van der Waals surface area contributed by atoms with Crippen LogP contribution in [0.15, 0.2) is 22.6 Å². The van der Waals surface area contributed by atoms with E-state index in [4.69, 9.17) is 17.3 Å². The summed E-state index contributed by atoms with van der Waals surface area (Å²) in [6.45, 7) is -1.49. The van der Waals surface area contributed by atoms with Crippen LogP contribution < -0.4 is 15.8 Å². The number of hydrogen-bond acceptors (Lipinski definition) is 9. The molecule has 0 unspecified atom stereocenters. The number of halogens is 3. The molecule has 3 heterocycles. The number of anilines is 1. The van der Waals surface area contributed by atoms with Crippen LogP contribution in [0, 0.1) is 0 Å². The molecule has 0 saturated carbocycles. The number of nitrogens with zero attached hydrogens (tertiary/aromatic N) is 4. The molecule has 0 aromatic carbocycles. The number of pyridine rings is 1. The standard InChI is InChI=1S/C15H15ClF2N6O4S2/c1-15(6-30(26,27)24(2)14(19)23-15)12-22-9(5-29-12)21-11(25)10-8(16)3-7(4-20-10)28-13(17)18/h3-5,13H,6H2,1-2H3,(H2,19,23)(H,21,25)/t15-/m0/s1. The molecular formula is C15H15ClF2N6O4S2. The van der Waals surface area contributed by atoms with Crippen LogP contribution in [-0.4, -0.2) is 54.0 Å². The normalized spacial score (nSPS) is 20.7. The molecule has 1 atom stereocenters. The molecule has 3 rings (SSSR count). The van der Waals surface area contributed by atoms with Crippen molar-refractivity contribution in [3.63, 3.8) is 0 Å². The van der Waals surface area contributed by atoms with E-state index in [1.807, 2.05) is 0 Å². The Bertz CT molecular complexity index is 1130. The number of nitrogens with two attached hydrogens (primary N) is 1. The molecule has 0 radical (unpaired) electrons. The van der Waals surface area contributed by atoms with Crippen molar-refractivity contribution >= 4 is 50.6 Å². The van der Waals surface area contributed by atoms with Gasteiger partial charge in [-0.1, -0.05) is 11.6 Å². The van der Waals surface area contributed by atoms with Gasteiger partial charge in [0.05, 0.1) is 11.2 Å². The number of alkyl halides is 2. The highest BCUT2D eigenvalue weighted by molar-refractivity contribution is 7.89. The summed E-state index contributed by atoms with van der Waals surface area (Å²) in [5.41, 5.74) is 4.25. The molecule has 1 aliphatic rings. The van der Waals surface area contributed by atoms with Gasteiger partial charge in [0.1, 0.15) is 33.6 Å². The van der Waals surface area contributed by atoms with E-state index in [0.29, 0.717) is 5.01 Å². The summed E-state index contributed by atoms with van der Waals surface area (Å²) in [6, 6.07) is 1.03. The molecule has 15 heteroatoms. The molecule has 0 aliphatic carbocycles. The van der Waals surface area contributed by atoms with Gasteiger partial charge in [0.15, 0.2) is 0 Å². The number of ether oxygens (including phenoxy) is 1. The van der Waals surface area contributed by atoms with Gasteiger partial charge < -0.3 is 15.8 Å². The van der Waals surface area contributed by atoms with Crippen molar-refractivity contribution in [2.75, 3.05) is 18.1 Å². The molecule has 2 aromatic rings. The lowest BCUT2D eigenvalue weighted by Crippen LogP contribution is -2.50. The first-order valence-electron chi connectivity index (χ1n) is 8.11. The topological polar surface area (TPSA) is 140 Å². The lowest BCUT2D eigenvalue weighted by Gasteiger charge is -2.32. The molecule has 162 valence electrons. The number of thiazole rings is 1. The van der Waals surface area contributed by atoms with Crippen LogP contribution in [0.3, 0.4) is 0 Å². The zero-order valence-electron chi connectivity index (χ0n) is 15.5. The summed E-state index contributed by atoms with van der Waals surface area (Å²) in [5.74, 6) is -1.46. The molecule has 10 nitrogen and oxygen atoms in total. The monoisotopic (exact) mass is 480 g/mol. The number of sulfonamides is 1. The average molecular weight is 481 g/mol. The fourth-order valence-electron chi connectivity index (χ4n) is 2.57. The Morgan fingerprint density at radius 2 is 2.20 bits per heavy atom. The Morgan fingerprint density at radius 3 is 2.80 bits per heavy atom. The van der Waals surface area contributed by atoms with E-state index in [1.54, 1.807) is 6.92 Å². The van der Waals surface area contributed by atoms with Crippen LogP contribution in [0.25, 0.3) is 0 Å². The summed E-state index contributed by atoms with van der Waals surface area (Å²) in [4.78, 5) is 24.6. The molecule has 2 aromatic heterocycles. The van der Waals surface area contributed by atoms with Crippen molar-refractivity contribution < 1.29 is 26.7 Å². The number of nitrogens with one attached hydrogen (secondary N) is 1. The Hall–Kier alpha value is -2.58. The van der Waals surface area contributed by atoms with E-state index in [2.05, 4.69) is 25.0 Å². The average Bonchev–Trinajstić information content (AvgIpc) is 3.08. The van der Waals surface area contributed by atoms with Crippen molar-refractivity contribution in [3.05, 3.63) is 33.4 Å². The quantitative estimate of drug-likeness (QED) is 0.665. The summed E-state index contributed by atoms with van der Waals surface area (Å²) in [5, 5.41) is 4.06. The van der Waals surface area contributed by atoms with Crippen molar-refractivity contribution in [3.8, 4) is 5.75 Å². The molecule has 0 bridgehead atoms. The predicted octanol–water partition coefficient (Wildman–Crippen LogP) is 1.85. The van der Waals surface area contributed by atoms with Gasteiger partial charge in [-0.05, 0) is 6.92 Å². The second-order valence-electron chi connectivity index (χ2n) is 6.34. The maximum absolute atomic E-state index is 12.4. The second kappa shape index (κ2) is 7.92. The van der Waals surface area contributed by atoms with Crippen molar-refractivity contribution in [1.29, 1.82) is 0 Å². The number of hydrogen-bond donors (Lipinski definition) is 2. The number of carbonyl (C=O) groups is 1. The van der Waals surface area contributed by atoms with Crippen LogP contribution in [0.1, 0.15) is 22.4 Å². The van der Waals surface area contributed by atoms with Crippen LogP contribution in [-0.2, 0) is 15.6 Å².